The molecule has 0 aliphatic rings. The second kappa shape index (κ2) is 87.0. The maximum atomic E-state index is 12.6. The van der Waals surface area contributed by atoms with Gasteiger partial charge >= 0.3 is 5.97 Å². The molecule has 0 aliphatic heterocycles. The van der Waals surface area contributed by atoms with Crippen molar-refractivity contribution >= 4 is 11.9 Å². The first-order valence-corrected chi connectivity index (χ1v) is 45.4. The minimum absolute atomic E-state index is 0.0219. The van der Waals surface area contributed by atoms with Gasteiger partial charge in [-0.1, -0.05) is 482 Å². The Morgan fingerprint density at radius 1 is 0.278 bits per heavy atom. The number of aliphatic hydroxyl groups excluding tert-OH is 2. The van der Waals surface area contributed by atoms with Crippen LogP contribution in [0.1, 0.15) is 534 Å². The average Bonchev–Trinajstić information content (AvgIpc) is 2.53. The summed E-state index contributed by atoms with van der Waals surface area (Å²) in [4.78, 5) is 24.7. The lowest BCUT2D eigenvalue weighted by Crippen LogP contribution is -2.45. The molecule has 0 saturated heterocycles. The number of amides is 1. The smallest absolute Gasteiger partial charge is 0.305 e. The summed E-state index contributed by atoms with van der Waals surface area (Å²) in [5.74, 6) is 0.000310. The van der Waals surface area contributed by atoms with Crippen molar-refractivity contribution in [1.29, 1.82) is 0 Å². The van der Waals surface area contributed by atoms with Gasteiger partial charge in [0.15, 0.2) is 0 Å². The van der Waals surface area contributed by atoms with Gasteiger partial charge in [0.05, 0.1) is 25.4 Å². The van der Waals surface area contributed by atoms with Crippen LogP contribution in [0.2, 0.25) is 0 Å². The molecule has 2 atom stereocenters. The van der Waals surface area contributed by atoms with E-state index in [1.54, 1.807) is 0 Å². The molecule has 0 saturated carbocycles. The van der Waals surface area contributed by atoms with Crippen LogP contribution in [0.25, 0.3) is 0 Å². The highest BCUT2D eigenvalue weighted by Crippen LogP contribution is 2.22. The Hall–Kier alpha value is -1.40. The topological polar surface area (TPSA) is 95.9 Å². The number of nitrogens with one attached hydrogen (secondary N) is 1. The maximum absolute atomic E-state index is 12.6. The lowest BCUT2D eigenvalue weighted by molar-refractivity contribution is -0.143. The molecule has 0 aromatic carbocycles. The summed E-state index contributed by atoms with van der Waals surface area (Å²) in [7, 11) is 0. The van der Waals surface area contributed by atoms with Crippen molar-refractivity contribution in [1.82, 2.24) is 5.32 Å². The largest absolute Gasteiger partial charge is 0.466 e. The molecule has 0 aromatic rings. The Bertz CT molecular complexity index is 1480. The molecule has 97 heavy (non-hydrogen) atoms. The molecule has 0 rings (SSSR count). The van der Waals surface area contributed by atoms with Crippen LogP contribution in [0.5, 0.6) is 0 Å². The predicted molar refractivity (Wildman–Crippen MR) is 430 cm³/mol. The molecule has 2 unspecified atom stereocenters. The van der Waals surface area contributed by atoms with Crippen molar-refractivity contribution < 1.29 is 24.5 Å². The fourth-order valence-electron chi connectivity index (χ4n) is 14.9. The molecule has 0 heterocycles. The molecule has 1 amide bonds. The van der Waals surface area contributed by atoms with E-state index in [-0.39, 0.29) is 18.5 Å². The Balaban J connectivity index is 3.29. The van der Waals surface area contributed by atoms with Crippen molar-refractivity contribution in [2.45, 2.75) is 546 Å². The third kappa shape index (κ3) is 83.4. The summed E-state index contributed by atoms with van der Waals surface area (Å²) in [6, 6.07) is -0.538. The van der Waals surface area contributed by atoms with Gasteiger partial charge in [-0.15, -0.1) is 0 Å². The zero-order valence-electron chi connectivity index (χ0n) is 66.6. The van der Waals surface area contributed by atoms with E-state index in [0.717, 1.165) is 38.5 Å². The number of allylic oxidation sites excluding steroid dienone is 2. The van der Waals surface area contributed by atoms with Crippen LogP contribution >= 0.6 is 0 Å². The minimum Gasteiger partial charge on any atom is -0.466 e. The first kappa shape index (κ1) is 95.6. The van der Waals surface area contributed by atoms with Crippen LogP contribution in [0.3, 0.4) is 0 Å². The molecule has 6 nitrogen and oxygen atoms in total. The van der Waals surface area contributed by atoms with Gasteiger partial charge in [0.2, 0.25) is 5.91 Å². The van der Waals surface area contributed by atoms with E-state index in [1.807, 2.05) is 0 Å². The fraction of sp³-hybridized carbons (Fsp3) is 0.956. The third-order valence-corrected chi connectivity index (χ3v) is 21.8. The number of aliphatic hydroxyl groups is 2. The molecule has 578 valence electrons. The first-order chi connectivity index (χ1) is 48.0. The summed E-state index contributed by atoms with van der Waals surface area (Å²) in [6.07, 6.45) is 112. The monoisotopic (exact) mass is 1370 g/mol. The van der Waals surface area contributed by atoms with Gasteiger partial charge in [-0.3, -0.25) is 9.59 Å². The number of rotatable bonds is 87. The Morgan fingerprint density at radius 3 is 0.732 bits per heavy atom. The molecule has 0 radical (unpaired) electrons. The van der Waals surface area contributed by atoms with Crippen molar-refractivity contribution in [3.05, 3.63) is 12.2 Å². The summed E-state index contributed by atoms with van der Waals surface area (Å²) in [5, 5.41) is 23.5. The van der Waals surface area contributed by atoms with Gasteiger partial charge in [0, 0.05) is 12.8 Å². The zero-order valence-corrected chi connectivity index (χ0v) is 66.6. The summed E-state index contributed by atoms with van der Waals surface area (Å²) in [6.45, 7) is 5.02. The van der Waals surface area contributed by atoms with Crippen molar-refractivity contribution in [2.75, 3.05) is 13.2 Å². The van der Waals surface area contributed by atoms with Crippen LogP contribution < -0.4 is 5.32 Å². The van der Waals surface area contributed by atoms with Gasteiger partial charge in [-0.05, 0) is 51.4 Å². The van der Waals surface area contributed by atoms with Crippen LogP contribution in [0.4, 0.5) is 0 Å². The highest BCUT2D eigenvalue weighted by molar-refractivity contribution is 5.76. The number of hydrogen-bond donors (Lipinski definition) is 3. The number of esters is 1. The lowest BCUT2D eigenvalue weighted by Gasteiger charge is -2.22. The number of carbonyl (C=O) groups is 2. The SMILES string of the molecule is CCCCCCCC/C=C\CCCCCCCCCC(=O)OCCCCCCCCCCCCCCCCCCCCCCCCCCCCCCCCCCCCCCCCCC(=O)NC(CO)C(O)CCCCCCCCCCCCCCCCCCCCCCCCCC. The van der Waals surface area contributed by atoms with Gasteiger partial charge in [0.25, 0.3) is 0 Å². The van der Waals surface area contributed by atoms with E-state index in [2.05, 4.69) is 31.3 Å². The van der Waals surface area contributed by atoms with E-state index in [9.17, 15) is 19.8 Å². The van der Waals surface area contributed by atoms with Crippen molar-refractivity contribution in [3.8, 4) is 0 Å². The van der Waals surface area contributed by atoms with Crippen LogP contribution in [-0.2, 0) is 14.3 Å². The molecule has 6 heteroatoms. The standard InChI is InChI=1S/C91H179NO5/c1-3-5-7-9-11-13-15-17-19-21-22-23-24-42-45-48-52-55-59-63-67-71-75-79-83-89(94)88(87-93)92-90(95)84-80-76-72-68-64-60-56-53-49-46-43-40-38-36-34-32-30-28-26-25-27-29-31-33-35-37-39-41-44-47-50-54-58-62-66-70-74-78-82-86-97-91(96)85-81-77-73-69-65-61-57-51-20-18-16-14-12-10-8-6-4-2/h18,20,88-89,93-94H,3-17,19,21-87H2,1-2H3,(H,92,95)/b20-18-. The molecule has 0 spiro atoms. The summed E-state index contributed by atoms with van der Waals surface area (Å²) in [5.41, 5.74) is 0. The number of hydrogen-bond acceptors (Lipinski definition) is 5. The molecular weight excluding hydrogens is 1190 g/mol. The van der Waals surface area contributed by atoms with Crippen LogP contribution in [-0.4, -0.2) is 47.4 Å². The number of carbonyl (C=O) groups excluding carboxylic acids is 2. The second-order valence-corrected chi connectivity index (χ2v) is 31.6. The quantitative estimate of drug-likeness (QED) is 0.0320. The van der Waals surface area contributed by atoms with Gasteiger partial charge in [-0.2, -0.15) is 0 Å². The predicted octanol–water partition coefficient (Wildman–Crippen LogP) is 30.6. The Labute approximate surface area is 609 Å². The molecule has 0 aliphatic carbocycles. The fourth-order valence-corrected chi connectivity index (χ4v) is 14.9. The van der Waals surface area contributed by atoms with Crippen molar-refractivity contribution in [2.24, 2.45) is 0 Å². The molecule has 0 aromatic heterocycles. The van der Waals surface area contributed by atoms with Gasteiger partial charge in [-0.25, -0.2) is 0 Å². The summed E-state index contributed by atoms with van der Waals surface area (Å²) >= 11 is 0. The van der Waals surface area contributed by atoms with Crippen molar-refractivity contribution in [3.63, 3.8) is 0 Å². The molecule has 0 fully saturated rings. The van der Waals surface area contributed by atoms with Gasteiger partial charge in [0.1, 0.15) is 0 Å². The van der Waals surface area contributed by atoms with E-state index >= 15 is 0 Å². The Morgan fingerprint density at radius 2 is 0.485 bits per heavy atom. The Kier molecular flexibility index (Phi) is 85.7. The zero-order chi connectivity index (χ0) is 69.8. The molecular formula is C91H179NO5. The van der Waals surface area contributed by atoms with Crippen LogP contribution in [0, 0.1) is 0 Å². The highest BCUT2D eigenvalue weighted by Gasteiger charge is 2.20. The number of ether oxygens (including phenoxy) is 1. The van der Waals surface area contributed by atoms with E-state index < -0.39 is 12.1 Å². The highest BCUT2D eigenvalue weighted by atomic mass is 16.5. The maximum Gasteiger partial charge on any atom is 0.305 e. The average molecular weight is 1370 g/mol. The summed E-state index contributed by atoms with van der Waals surface area (Å²) < 4.78 is 5.52. The number of unbranched alkanes of at least 4 members (excludes halogenated alkanes) is 74. The molecule has 0 bridgehead atoms. The minimum atomic E-state index is -0.661. The van der Waals surface area contributed by atoms with E-state index in [1.165, 1.54) is 462 Å². The third-order valence-electron chi connectivity index (χ3n) is 21.8. The van der Waals surface area contributed by atoms with E-state index in [4.69, 9.17) is 4.74 Å². The van der Waals surface area contributed by atoms with E-state index in [0.29, 0.717) is 25.9 Å². The lowest BCUT2D eigenvalue weighted by atomic mass is 10.0. The second-order valence-electron chi connectivity index (χ2n) is 31.6. The van der Waals surface area contributed by atoms with Gasteiger partial charge < -0.3 is 20.3 Å². The first-order valence-electron chi connectivity index (χ1n) is 45.4. The normalized spacial score (nSPS) is 12.4. The van der Waals surface area contributed by atoms with Crippen LogP contribution in [0.15, 0.2) is 12.2 Å². The molecule has 3 N–H and O–H groups in total.